The number of aryl methyl sites for hydroxylation is 1. The minimum Gasteiger partial charge on any atom is -0.508 e. The fraction of sp³-hybridized carbons (Fsp3) is 0.652. The van der Waals surface area contributed by atoms with E-state index in [1.54, 1.807) is 12.1 Å². The maximum atomic E-state index is 12.8. The molecule has 3 atom stereocenters. The molecule has 0 radical (unpaired) electrons. The van der Waals surface area contributed by atoms with Gasteiger partial charge in [-0.25, -0.2) is 4.79 Å². The van der Waals surface area contributed by atoms with E-state index in [4.69, 9.17) is 0 Å². The van der Waals surface area contributed by atoms with Gasteiger partial charge in [0.1, 0.15) is 18.0 Å². The molecule has 1 aliphatic heterocycles. The average Bonchev–Trinajstić information content (AvgIpc) is 3.19. The summed E-state index contributed by atoms with van der Waals surface area (Å²) < 4.78 is 12.6. The van der Waals surface area contributed by atoms with E-state index in [0.29, 0.717) is 31.7 Å². The second-order valence-electron chi connectivity index (χ2n) is 9.15. The fourth-order valence-corrected chi connectivity index (χ4v) is 6.54. The number of amides is 1. The summed E-state index contributed by atoms with van der Waals surface area (Å²) in [6, 6.07) is 5.98. The number of benzene rings is 1. The van der Waals surface area contributed by atoms with Gasteiger partial charge in [-0.05, 0) is 55.2 Å². The Kier molecular flexibility index (Phi) is 8.17. The van der Waals surface area contributed by atoms with Crippen LogP contribution in [0.15, 0.2) is 24.3 Å². The summed E-state index contributed by atoms with van der Waals surface area (Å²) in [5.41, 5.74) is 1.04. The van der Waals surface area contributed by atoms with Crippen molar-refractivity contribution in [2.75, 3.05) is 18.9 Å². The van der Waals surface area contributed by atoms with E-state index >= 15 is 0 Å². The second-order valence-corrected chi connectivity index (χ2v) is 11.6. The highest BCUT2D eigenvalue weighted by atomic mass is 31.2. The van der Waals surface area contributed by atoms with Crippen LogP contribution in [0.4, 0.5) is 0 Å². The summed E-state index contributed by atoms with van der Waals surface area (Å²) in [5.74, 6) is -0.694. The monoisotopic (exact) mass is 451 g/mol. The molecule has 1 saturated heterocycles. The molecule has 1 amide bonds. The van der Waals surface area contributed by atoms with Crippen LogP contribution in [0.5, 0.6) is 5.75 Å². The second kappa shape index (κ2) is 10.6. The maximum absolute atomic E-state index is 12.8. The van der Waals surface area contributed by atoms with Crippen molar-refractivity contribution in [1.29, 1.82) is 0 Å². The predicted molar refractivity (Wildman–Crippen MR) is 118 cm³/mol. The smallest absolute Gasteiger partial charge is 0.326 e. The first-order valence-electron chi connectivity index (χ1n) is 11.4. The molecular weight excluding hydrogens is 417 g/mol. The van der Waals surface area contributed by atoms with E-state index in [1.165, 1.54) is 11.3 Å². The van der Waals surface area contributed by atoms with Gasteiger partial charge < -0.3 is 20.0 Å². The standard InChI is InChI=1S/C23H34NO6P/c25-20-11-9-17(10-12-20)6-4-5-13-31(29,30)16-22(26)24-15-19(14-21(24)23(27)28)18-7-2-1-3-8-18/h9-12,18-19,21,25H,1-8,13-16H2,(H,27,28)(H,29,30)/t19-,21-/m1/s1. The number of rotatable bonds is 9. The summed E-state index contributed by atoms with van der Waals surface area (Å²) in [6.45, 7) is 0.390. The van der Waals surface area contributed by atoms with Gasteiger partial charge >= 0.3 is 5.97 Å². The Morgan fingerprint density at radius 3 is 2.35 bits per heavy atom. The molecule has 1 saturated carbocycles. The third-order valence-electron chi connectivity index (χ3n) is 6.80. The molecule has 0 bridgehead atoms. The third kappa shape index (κ3) is 6.81. The lowest BCUT2D eigenvalue weighted by molar-refractivity contribution is -0.147. The zero-order chi connectivity index (χ0) is 22.4. The summed E-state index contributed by atoms with van der Waals surface area (Å²) in [6.07, 6.45) is 7.65. The molecule has 2 aliphatic rings. The van der Waals surface area contributed by atoms with Gasteiger partial charge in [-0.15, -0.1) is 0 Å². The Morgan fingerprint density at radius 1 is 1.03 bits per heavy atom. The van der Waals surface area contributed by atoms with Crippen LogP contribution in [-0.2, 0) is 20.6 Å². The molecule has 31 heavy (non-hydrogen) atoms. The Morgan fingerprint density at radius 2 is 1.71 bits per heavy atom. The van der Waals surface area contributed by atoms with Crippen molar-refractivity contribution in [1.82, 2.24) is 4.90 Å². The molecule has 7 nitrogen and oxygen atoms in total. The number of carboxylic acid groups (broad SMARTS) is 1. The van der Waals surface area contributed by atoms with Crippen molar-refractivity contribution in [3.8, 4) is 5.75 Å². The number of carbonyl (C=O) groups is 2. The molecule has 1 aliphatic carbocycles. The number of nitrogens with zero attached hydrogens (tertiary/aromatic N) is 1. The topological polar surface area (TPSA) is 115 Å². The molecule has 172 valence electrons. The molecule has 0 spiro atoms. The Balaban J connectivity index is 1.49. The van der Waals surface area contributed by atoms with Crippen LogP contribution in [-0.4, -0.2) is 56.8 Å². The normalized spacial score (nSPS) is 24.1. The van der Waals surface area contributed by atoms with Crippen LogP contribution < -0.4 is 0 Å². The predicted octanol–water partition coefficient (Wildman–Crippen LogP) is 3.87. The number of aromatic hydroxyl groups is 1. The Hall–Kier alpha value is -1.85. The summed E-state index contributed by atoms with van der Waals surface area (Å²) in [7, 11) is -3.66. The number of phenolic OH excluding ortho intramolecular Hbond substituents is 1. The number of unbranched alkanes of at least 4 members (excludes halogenated alkanes) is 1. The van der Waals surface area contributed by atoms with Gasteiger partial charge in [0.15, 0.2) is 0 Å². The average molecular weight is 452 g/mol. The van der Waals surface area contributed by atoms with Crippen molar-refractivity contribution in [3.05, 3.63) is 29.8 Å². The third-order valence-corrected chi connectivity index (χ3v) is 8.58. The Bertz CT molecular complexity index is 805. The van der Waals surface area contributed by atoms with Crippen molar-refractivity contribution in [2.24, 2.45) is 11.8 Å². The number of carboxylic acids is 1. The summed E-state index contributed by atoms with van der Waals surface area (Å²) in [5, 5.41) is 18.9. The van der Waals surface area contributed by atoms with E-state index in [0.717, 1.165) is 37.7 Å². The highest BCUT2D eigenvalue weighted by molar-refractivity contribution is 7.58. The van der Waals surface area contributed by atoms with Crippen molar-refractivity contribution < 1.29 is 29.3 Å². The first-order valence-corrected chi connectivity index (χ1v) is 13.4. The van der Waals surface area contributed by atoms with Crippen LogP contribution >= 0.6 is 7.37 Å². The number of aliphatic carboxylic acids is 1. The molecule has 8 heteroatoms. The first kappa shape index (κ1) is 23.8. The number of phenols is 1. The van der Waals surface area contributed by atoms with Crippen LogP contribution in [0.25, 0.3) is 0 Å². The summed E-state index contributed by atoms with van der Waals surface area (Å²) in [4.78, 5) is 36.2. The number of hydrogen-bond donors (Lipinski definition) is 3. The molecule has 0 aromatic heterocycles. The molecular formula is C23H34NO6P. The van der Waals surface area contributed by atoms with Crippen molar-refractivity contribution >= 4 is 19.2 Å². The van der Waals surface area contributed by atoms with Crippen LogP contribution in [0.1, 0.15) is 56.9 Å². The lowest BCUT2D eigenvalue weighted by Gasteiger charge is -2.27. The molecule has 1 unspecified atom stereocenters. The number of carbonyl (C=O) groups excluding carboxylic acids is 1. The number of likely N-dealkylation sites (tertiary alicyclic amines) is 1. The van der Waals surface area contributed by atoms with E-state index in [2.05, 4.69) is 0 Å². The van der Waals surface area contributed by atoms with E-state index in [9.17, 15) is 29.3 Å². The minimum absolute atomic E-state index is 0.0501. The summed E-state index contributed by atoms with van der Waals surface area (Å²) >= 11 is 0. The van der Waals surface area contributed by atoms with Gasteiger partial charge in [-0.2, -0.15) is 0 Å². The van der Waals surface area contributed by atoms with Crippen LogP contribution in [0.2, 0.25) is 0 Å². The highest BCUT2D eigenvalue weighted by Gasteiger charge is 2.43. The molecule has 3 N–H and O–H groups in total. The molecule has 1 aromatic carbocycles. The van der Waals surface area contributed by atoms with Crippen LogP contribution in [0.3, 0.4) is 0 Å². The van der Waals surface area contributed by atoms with E-state index in [1.807, 2.05) is 12.1 Å². The number of hydrogen-bond acceptors (Lipinski definition) is 4. The van der Waals surface area contributed by atoms with Gasteiger partial charge in [0, 0.05) is 12.7 Å². The fourth-order valence-electron chi connectivity index (χ4n) is 5.06. The maximum Gasteiger partial charge on any atom is 0.326 e. The highest BCUT2D eigenvalue weighted by Crippen LogP contribution is 2.43. The lowest BCUT2D eigenvalue weighted by atomic mass is 9.79. The van der Waals surface area contributed by atoms with E-state index < -0.39 is 31.4 Å². The molecule has 3 rings (SSSR count). The van der Waals surface area contributed by atoms with Crippen LogP contribution in [0, 0.1) is 11.8 Å². The lowest BCUT2D eigenvalue weighted by Crippen LogP contribution is -2.42. The van der Waals surface area contributed by atoms with E-state index in [-0.39, 0.29) is 17.8 Å². The van der Waals surface area contributed by atoms with Crippen molar-refractivity contribution in [2.45, 2.75) is 63.8 Å². The molecule has 2 fully saturated rings. The largest absolute Gasteiger partial charge is 0.508 e. The van der Waals surface area contributed by atoms with Gasteiger partial charge in [0.2, 0.25) is 13.3 Å². The Labute approximate surface area is 183 Å². The molecule has 1 heterocycles. The van der Waals surface area contributed by atoms with Gasteiger partial charge in [-0.3, -0.25) is 9.36 Å². The quantitative estimate of drug-likeness (QED) is 0.388. The van der Waals surface area contributed by atoms with Crippen molar-refractivity contribution in [3.63, 3.8) is 0 Å². The first-order chi connectivity index (χ1) is 14.7. The SMILES string of the molecule is O=C(O)[C@H]1C[C@@H](C2CCCCC2)CN1C(=O)CP(=O)(O)CCCCc1ccc(O)cc1. The zero-order valence-electron chi connectivity index (χ0n) is 18.0. The minimum atomic E-state index is -3.66. The van der Waals surface area contributed by atoms with Gasteiger partial charge in [0.05, 0.1) is 0 Å². The molecule has 1 aromatic rings. The van der Waals surface area contributed by atoms with Gasteiger partial charge in [0.25, 0.3) is 0 Å². The zero-order valence-corrected chi connectivity index (χ0v) is 18.9. The van der Waals surface area contributed by atoms with Gasteiger partial charge in [-0.1, -0.05) is 44.2 Å².